The van der Waals surface area contributed by atoms with Gasteiger partial charge in [-0.3, -0.25) is 0 Å². The predicted molar refractivity (Wildman–Crippen MR) is 89.7 cm³/mol. The highest BCUT2D eigenvalue weighted by Crippen LogP contribution is 2.30. The van der Waals surface area contributed by atoms with Gasteiger partial charge in [0.1, 0.15) is 6.10 Å². The molecule has 1 aromatic heterocycles. The van der Waals surface area contributed by atoms with Crippen LogP contribution < -0.4 is 5.32 Å². The smallest absolute Gasteiger partial charge is 0.337 e. The Bertz CT molecular complexity index is 614. The van der Waals surface area contributed by atoms with Gasteiger partial charge in [-0.15, -0.1) is 11.3 Å². The lowest BCUT2D eigenvalue weighted by Crippen LogP contribution is -2.23. The summed E-state index contributed by atoms with van der Waals surface area (Å²) < 4.78 is 5.65. The van der Waals surface area contributed by atoms with Crippen LogP contribution in [0, 0.1) is 0 Å². The maximum atomic E-state index is 10.2. The van der Waals surface area contributed by atoms with Gasteiger partial charge in [-0.2, -0.15) is 0 Å². The first-order valence-corrected chi connectivity index (χ1v) is 8.29. The number of likely N-dealkylation sites (N-methyl/N-ethyl adjacent to an activating group) is 1. The number of benzene rings is 1. The van der Waals surface area contributed by atoms with Crippen LogP contribution in [0.4, 0.5) is 0 Å². The van der Waals surface area contributed by atoms with E-state index in [0.717, 1.165) is 19.6 Å². The number of aliphatic hydroxyl groups is 1. The zero-order valence-electron chi connectivity index (χ0n) is 12.9. The monoisotopic (exact) mass is 335 g/mol. The maximum absolute atomic E-state index is 10.2. The number of hydrogen-bond donors (Lipinski definition) is 3. The third-order valence-electron chi connectivity index (χ3n) is 3.50. The topological polar surface area (TPSA) is 78.8 Å². The van der Waals surface area contributed by atoms with Crippen molar-refractivity contribution in [3.63, 3.8) is 0 Å². The molecule has 1 aromatic carbocycles. The Balaban J connectivity index is 0.000000168. The van der Waals surface area contributed by atoms with E-state index in [4.69, 9.17) is 14.9 Å². The first kappa shape index (κ1) is 17.6. The number of fused-ring (bicyclic) bond motifs is 1. The van der Waals surface area contributed by atoms with Crippen molar-refractivity contribution >= 4 is 17.3 Å². The zero-order chi connectivity index (χ0) is 16.7. The molecule has 1 aliphatic heterocycles. The zero-order valence-corrected chi connectivity index (χ0v) is 13.8. The van der Waals surface area contributed by atoms with Crippen LogP contribution in [0.3, 0.4) is 0 Å². The molecule has 2 atom stereocenters. The van der Waals surface area contributed by atoms with Crippen molar-refractivity contribution in [3.8, 4) is 0 Å². The SMILES string of the molecule is CNC[C@@H]1OCCc2ccsc21.O=C(O)[C@H](O)c1ccccc1. The number of ether oxygens (including phenoxy) is 1. The minimum absolute atomic E-state index is 0.291. The summed E-state index contributed by atoms with van der Waals surface area (Å²) in [6, 6.07) is 10.5. The molecule has 0 amide bonds. The first-order chi connectivity index (χ1) is 11.1. The molecule has 2 aromatic rings. The minimum atomic E-state index is -1.41. The second-order valence-corrected chi connectivity index (χ2v) is 6.08. The third-order valence-corrected chi connectivity index (χ3v) is 4.55. The molecule has 2 heterocycles. The normalized spacial score (nSPS) is 17.6. The largest absolute Gasteiger partial charge is 0.479 e. The summed E-state index contributed by atoms with van der Waals surface area (Å²) in [5, 5.41) is 22.7. The van der Waals surface area contributed by atoms with Gasteiger partial charge in [-0.25, -0.2) is 4.79 Å². The Kier molecular flexibility index (Phi) is 6.73. The van der Waals surface area contributed by atoms with Crippen LogP contribution >= 0.6 is 11.3 Å². The molecule has 3 rings (SSSR count). The van der Waals surface area contributed by atoms with Crippen LogP contribution in [0.25, 0.3) is 0 Å². The molecule has 124 valence electrons. The summed E-state index contributed by atoms with van der Waals surface area (Å²) in [6.07, 6.45) is -0.0334. The van der Waals surface area contributed by atoms with Crippen molar-refractivity contribution in [1.82, 2.24) is 5.32 Å². The van der Waals surface area contributed by atoms with E-state index in [9.17, 15) is 4.79 Å². The highest BCUT2D eigenvalue weighted by molar-refractivity contribution is 7.10. The molecule has 5 nitrogen and oxygen atoms in total. The summed E-state index contributed by atoms with van der Waals surface area (Å²) in [5.74, 6) is -1.23. The van der Waals surface area contributed by atoms with Gasteiger partial charge in [-0.05, 0) is 36.0 Å². The summed E-state index contributed by atoms with van der Waals surface area (Å²) in [4.78, 5) is 11.7. The molecular formula is C17H21NO4S. The predicted octanol–water partition coefficient (Wildman–Crippen LogP) is 2.39. The maximum Gasteiger partial charge on any atom is 0.337 e. The Labute approximate surface area is 139 Å². The van der Waals surface area contributed by atoms with E-state index < -0.39 is 12.1 Å². The fourth-order valence-corrected chi connectivity index (χ4v) is 3.34. The van der Waals surface area contributed by atoms with E-state index in [1.54, 1.807) is 30.3 Å². The molecule has 0 saturated carbocycles. The first-order valence-electron chi connectivity index (χ1n) is 7.41. The number of carboxylic acids is 1. The lowest BCUT2D eigenvalue weighted by Gasteiger charge is -2.22. The van der Waals surface area contributed by atoms with Crippen LogP contribution in [0.5, 0.6) is 0 Å². The Hall–Kier alpha value is -1.73. The molecule has 0 bridgehead atoms. The molecule has 6 heteroatoms. The number of thiophene rings is 1. The van der Waals surface area contributed by atoms with E-state index in [1.165, 1.54) is 10.4 Å². The average molecular weight is 335 g/mol. The van der Waals surface area contributed by atoms with Crippen molar-refractivity contribution in [2.45, 2.75) is 18.6 Å². The Morgan fingerprint density at radius 3 is 2.78 bits per heavy atom. The highest BCUT2D eigenvalue weighted by atomic mass is 32.1. The number of aliphatic hydroxyl groups excluding tert-OH is 1. The van der Waals surface area contributed by atoms with Crippen molar-refractivity contribution in [1.29, 1.82) is 0 Å². The molecule has 23 heavy (non-hydrogen) atoms. The van der Waals surface area contributed by atoms with Gasteiger partial charge < -0.3 is 20.3 Å². The molecule has 0 spiro atoms. The molecule has 0 aliphatic carbocycles. The average Bonchev–Trinajstić information content (AvgIpc) is 3.05. The van der Waals surface area contributed by atoms with Gasteiger partial charge in [0.15, 0.2) is 6.10 Å². The number of nitrogens with one attached hydrogen (secondary N) is 1. The van der Waals surface area contributed by atoms with Crippen LogP contribution in [0.1, 0.15) is 28.2 Å². The Morgan fingerprint density at radius 1 is 1.39 bits per heavy atom. The van der Waals surface area contributed by atoms with Crippen molar-refractivity contribution in [2.75, 3.05) is 20.2 Å². The standard InChI is InChI=1S/C9H13NOS.C8H8O3/c1-10-6-8-9-7(2-4-11-8)3-5-12-9;9-7(8(10)11)6-4-2-1-3-5-6/h3,5,8,10H,2,4,6H2,1H3;1-5,7,9H,(H,10,11)/t8-;7-/m01/s1. The lowest BCUT2D eigenvalue weighted by molar-refractivity contribution is -0.146. The molecule has 0 fully saturated rings. The van der Waals surface area contributed by atoms with Gasteiger partial charge >= 0.3 is 5.97 Å². The van der Waals surface area contributed by atoms with Gasteiger partial charge in [0.25, 0.3) is 0 Å². The second kappa shape index (κ2) is 8.79. The van der Waals surface area contributed by atoms with E-state index in [1.807, 2.05) is 18.4 Å². The molecule has 1 aliphatic rings. The molecule has 0 radical (unpaired) electrons. The van der Waals surface area contributed by atoms with E-state index in [0.29, 0.717) is 11.7 Å². The van der Waals surface area contributed by atoms with Crippen molar-refractivity contribution in [2.24, 2.45) is 0 Å². The van der Waals surface area contributed by atoms with Gasteiger partial charge in [0.05, 0.1) is 6.61 Å². The van der Waals surface area contributed by atoms with E-state index in [-0.39, 0.29) is 0 Å². The lowest BCUT2D eigenvalue weighted by atomic mass is 10.1. The number of carbonyl (C=O) groups is 1. The summed E-state index contributed by atoms with van der Waals surface area (Å²) >= 11 is 1.81. The molecule has 3 N–H and O–H groups in total. The van der Waals surface area contributed by atoms with Crippen LogP contribution in [0.2, 0.25) is 0 Å². The van der Waals surface area contributed by atoms with E-state index >= 15 is 0 Å². The van der Waals surface area contributed by atoms with Gasteiger partial charge in [-0.1, -0.05) is 30.3 Å². The van der Waals surface area contributed by atoms with Crippen LogP contribution in [-0.2, 0) is 16.0 Å². The molecular weight excluding hydrogens is 314 g/mol. The number of hydrogen-bond acceptors (Lipinski definition) is 5. The quantitative estimate of drug-likeness (QED) is 0.799. The second-order valence-electron chi connectivity index (χ2n) is 5.13. The van der Waals surface area contributed by atoms with Gasteiger partial charge in [0, 0.05) is 11.4 Å². The number of rotatable bonds is 4. The molecule has 0 saturated heterocycles. The van der Waals surface area contributed by atoms with Crippen molar-refractivity contribution in [3.05, 3.63) is 57.8 Å². The van der Waals surface area contributed by atoms with Crippen LogP contribution in [0.15, 0.2) is 41.8 Å². The molecule has 0 unspecified atom stereocenters. The minimum Gasteiger partial charge on any atom is -0.479 e. The third kappa shape index (κ3) is 4.87. The van der Waals surface area contributed by atoms with E-state index in [2.05, 4.69) is 16.8 Å². The van der Waals surface area contributed by atoms with Crippen molar-refractivity contribution < 1.29 is 19.7 Å². The summed E-state index contributed by atoms with van der Waals surface area (Å²) in [6.45, 7) is 1.80. The summed E-state index contributed by atoms with van der Waals surface area (Å²) in [7, 11) is 1.96. The number of aliphatic carboxylic acids is 1. The van der Waals surface area contributed by atoms with Crippen LogP contribution in [-0.4, -0.2) is 36.4 Å². The number of carboxylic acid groups (broad SMARTS) is 1. The fraction of sp³-hybridized carbons (Fsp3) is 0.353. The highest BCUT2D eigenvalue weighted by Gasteiger charge is 2.20. The van der Waals surface area contributed by atoms with Gasteiger partial charge in [0.2, 0.25) is 0 Å². The fourth-order valence-electron chi connectivity index (χ4n) is 2.34. The summed E-state index contributed by atoms with van der Waals surface area (Å²) in [5.41, 5.74) is 1.88. The Morgan fingerprint density at radius 2 is 2.13 bits per heavy atom.